The Labute approximate surface area is 251 Å². The Kier molecular flexibility index (Phi) is 12.3. The minimum absolute atomic E-state index is 0.0232. The molecule has 44 heavy (non-hydrogen) atoms. The first kappa shape index (κ1) is 36.1. The summed E-state index contributed by atoms with van der Waals surface area (Å²) >= 11 is 0. The van der Waals surface area contributed by atoms with Gasteiger partial charge in [-0.15, -0.1) is 0 Å². The lowest BCUT2D eigenvalue weighted by atomic mass is 9.79. The third-order valence-corrected chi connectivity index (χ3v) is 8.89. The molecule has 258 valence electrons. The molecule has 3 saturated heterocycles. The number of hydrogen-bond acceptors (Lipinski definition) is 19. The molecule has 4 aliphatic rings. The zero-order chi connectivity index (χ0) is 32.6. The molecule has 0 aromatic heterocycles. The number of aliphatic hydroxyl groups excluding tert-OH is 13. The van der Waals surface area contributed by atoms with E-state index in [1.54, 1.807) is 0 Å². The normalized spacial score (nSPS) is 53.9. The van der Waals surface area contributed by atoms with Crippen LogP contribution in [0.1, 0.15) is 13.3 Å². The second-order valence-electron chi connectivity index (χ2n) is 11.8. The smallest absolute Gasteiger partial charge is 0.187 e. The van der Waals surface area contributed by atoms with E-state index in [1.165, 1.54) is 6.92 Å². The first-order valence-electron chi connectivity index (χ1n) is 14.4. The summed E-state index contributed by atoms with van der Waals surface area (Å²) in [6.45, 7) is -0.584. The highest BCUT2D eigenvalue weighted by molar-refractivity contribution is 5.02. The molecule has 3 heterocycles. The molecule has 0 aromatic rings. The summed E-state index contributed by atoms with van der Waals surface area (Å²) in [5.41, 5.74) is 0. The average molecular weight is 648 g/mol. The van der Waals surface area contributed by atoms with Gasteiger partial charge in [0.2, 0.25) is 0 Å². The lowest BCUT2D eigenvalue weighted by molar-refractivity contribution is -0.374. The van der Waals surface area contributed by atoms with Crippen molar-refractivity contribution in [2.24, 2.45) is 5.92 Å². The zero-order valence-electron chi connectivity index (χ0n) is 23.7. The van der Waals surface area contributed by atoms with Gasteiger partial charge in [0.15, 0.2) is 18.9 Å². The largest absolute Gasteiger partial charge is 0.396 e. The van der Waals surface area contributed by atoms with Gasteiger partial charge in [-0.2, -0.15) is 0 Å². The second kappa shape index (κ2) is 15.0. The Balaban J connectivity index is 1.41. The van der Waals surface area contributed by atoms with Crippen molar-refractivity contribution >= 4 is 0 Å². The van der Waals surface area contributed by atoms with Crippen molar-refractivity contribution in [3.8, 4) is 0 Å². The predicted octanol–water partition coefficient (Wildman–Crippen LogP) is -8.48. The molecule has 14 N–H and O–H groups in total. The van der Waals surface area contributed by atoms with Crippen LogP contribution in [-0.2, 0) is 23.7 Å². The van der Waals surface area contributed by atoms with Crippen LogP contribution in [0.25, 0.3) is 0 Å². The maximum Gasteiger partial charge on any atom is 0.187 e. The number of hydrogen-bond donors (Lipinski definition) is 14. The van der Waals surface area contributed by atoms with E-state index in [0.717, 1.165) is 0 Å². The van der Waals surface area contributed by atoms with Gasteiger partial charge in [0.05, 0.1) is 37.6 Å². The molecule has 19 heteroatoms. The summed E-state index contributed by atoms with van der Waals surface area (Å²) in [5.74, 6) is -0.772. The van der Waals surface area contributed by atoms with Gasteiger partial charge in [-0.25, -0.2) is 0 Å². The quantitative estimate of drug-likeness (QED) is 0.110. The molecule has 1 aliphatic carbocycles. The standard InChI is InChI=1S/C25H45NO18/c1-6-11(26-8-2-7(3-27)12(30)15(33)13(8)31)14(32)19(37)24(40-6)43-22-10(5-29)42-25(20(38)17(22)35)44-21-9(4-28)41-23(39)18(36)16(21)34/h6-39H,2-5H2,1H3/t6-,7+,8+,9+,10+,11-,12+,13-,14+,15-,16-,17-,18-,19-,20-,21-,22-,23-,24+,25+/m1/s1. The molecule has 4 rings (SSSR count). The molecular weight excluding hydrogens is 602 g/mol. The summed E-state index contributed by atoms with van der Waals surface area (Å²) in [4.78, 5) is 0. The van der Waals surface area contributed by atoms with Crippen LogP contribution < -0.4 is 5.32 Å². The molecule has 20 atom stereocenters. The molecule has 3 aliphatic heterocycles. The van der Waals surface area contributed by atoms with E-state index < -0.39 is 142 Å². The van der Waals surface area contributed by atoms with Gasteiger partial charge >= 0.3 is 0 Å². The van der Waals surface area contributed by atoms with Crippen molar-refractivity contribution in [3.05, 3.63) is 0 Å². The van der Waals surface area contributed by atoms with E-state index in [9.17, 15) is 66.4 Å². The van der Waals surface area contributed by atoms with Gasteiger partial charge in [-0.05, 0) is 13.3 Å². The minimum Gasteiger partial charge on any atom is -0.396 e. The molecule has 0 aromatic carbocycles. The lowest BCUT2D eigenvalue weighted by Crippen LogP contribution is -2.69. The van der Waals surface area contributed by atoms with Gasteiger partial charge in [-0.1, -0.05) is 0 Å². The number of rotatable bonds is 9. The van der Waals surface area contributed by atoms with Crippen LogP contribution in [0.2, 0.25) is 0 Å². The van der Waals surface area contributed by atoms with Crippen molar-refractivity contribution < 1.29 is 90.1 Å². The molecule has 0 spiro atoms. The van der Waals surface area contributed by atoms with Crippen LogP contribution in [0.5, 0.6) is 0 Å². The van der Waals surface area contributed by atoms with Crippen molar-refractivity contribution in [2.75, 3.05) is 19.8 Å². The van der Waals surface area contributed by atoms with Crippen LogP contribution in [0.4, 0.5) is 0 Å². The molecular formula is C25H45NO18. The monoisotopic (exact) mass is 647 g/mol. The van der Waals surface area contributed by atoms with E-state index >= 15 is 0 Å². The van der Waals surface area contributed by atoms with E-state index in [-0.39, 0.29) is 6.42 Å². The Bertz CT molecular complexity index is 901. The third kappa shape index (κ3) is 7.06. The summed E-state index contributed by atoms with van der Waals surface area (Å²) < 4.78 is 27.4. The summed E-state index contributed by atoms with van der Waals surface area (Å²) in [5, 5.41) is 136. The topological polar surface area (TPSA) is 321 Å². The molecule has 19 nitrogen and oxygen atoms in total. The van der Waals surface area contributed by atoms with E-state index in [2.05, 4.69) is 5.32 Å². The van der Waals surface area contributed by atoms with Gasteiger partial charge in [0.1, 0.15) is 67.1 Å². The number of ether oxygens (including phenoxy) is 5. The van der Waals surface area contributed by atoms with Gasteiger partial charge in [0, 0.05) is 18.6 Å². The van der Waals surface area contributed by atoms with Crippen molar-refractivity contribution in [1.82, 2.24) is 5.32 Å². The minimum atomic E-state index is -1.93. The SMILES string of the molecule is C[C@H]1O[C@@H](O[C@H]2[C@H](O)[C@@H](O)[C@H](O[C@H]3[C@H](O)[C@@H](O)[C@H](O)O[C@H]3CO)O[C@H]2CO)[C@H](O)[C@@H](O)[C@@H]1N[C@H]1C[C@@H](CO)[C@H](O)[C@@H](O)[C@@H]1O. The molecule has 4 fully saturated rings. The van der Waals surface area contributed by atoms with E-state index in [1.807, 2.05) is 0 Å². The Hall–Kier alpha value is -0.760. The van der Waals surface area contributed by atoms with Crippen LogP contribution >= 0.6 is 0 Å². The number of nitrogens with one attached hydrogen (secondary N) is 1. The Morgan fingerprint density at radius 1 is 0.568 bits per heavy atom. The Morgan fingerprint density at radius 2 is 1.09 bits per heavy atom. The predicted molar refractivity (Wildman–Crippen MR) is 138 cm³/mol. The zero-order valence-corrected chi connectivity index (χ0v) is 23.7. The first-order valence-corrected chi connectivity index (χ1v) is 14.4. The molecule has 0 bridgehead atoms. The fraction of sp³-hybridized carbons (Fsp3) is 1.00. The van der Waals surface area contributed by atoms with Crippen LogP contribution in [0.15, 0.2) is 0 Å². The molecule has 0 amide bonds. The summed E-state index contributed by atoms with van der Waals surface area (Å²) in [7, 11) is 0. The average Bonchev–Trinajstić information content (AvgIpc) is 3.00. The molecule has 1 saturated carbocycles. The van der Waals surface area contributed by atoms with E-state index in [0.29, 0.717) is 0 Å². The van der Waals surface area contributed by atoms with E-state index in [4.69, 9.17) is 23.7 Å². The third-order valence-electron chi connectivity index (χ3n) is 8.89. The van der Waals surface area contributed by atoms with Crippen molar-refractivity contribution in [3.63, 3.8) is 0 Å². The van der Waals surface area contributed by atoms with Gasteiger partial charge in [0.25, 0.3) is 0 Å². The second-order valence-corrected chi connectivity index (χ2v) is 11.8. The fourth-order valence-electron chi connectivity index (χ4n) is 6.17. The maximum atomic E-state index is 10.9. The highest BCUT2D eigenvalue weighted by Gasteiger charge is 2.54. The van der Waals surface area contributed by atoms with Crippen molar-refractivity contribution in [2.45, 2.75) is 130 Å². The van der Waals surface area contributed by atoms with Crippen LogP contribution in [0.3, 0.4) is 0 Å². The maximum absolute atomic E-state index is 10.9. The molecule has 0 radical (unpaired) electrons. The highest BCUT2D eigenvalue weighted by Crippen LogP contribution is 2.33. The van der Waals surface area contributed by atoms with Crippen LogP contribution in [0, 0.1) is 5.92 Å². The van der Waals surface area contributed by atoms with Crippen molar-refractivity contribution in [1.29, 1.82) is 0 Å². The lowest BCUT2D eigenvalue weighted by Gasteiger charge is -2.49. The Morgan fingerprint density at radius 3 is 1.66 bits per heavy atom. The van der Waals surface area contributed by atoms with Crippen LogP contribution in [-0.4, -0.2) is 203 Å². The summed E-state index contributed by atoms with van der Waals surface area (Å²) in [6, 6.07) is -1.96. The fourth-order valence-corrected chi connectivity index (χ4v) is 6.17. The first-order chi connectivity index (χ1) is 20.7. The van der Waals surface area contributed by atoms with Gasteiger partial charge in [-0.3, -0.25) is 0 Å². The summed E-state index contributed by atoms with van der Waals surface area (Å²) in [6.07, 6.45) is -27.4. The van der Waals surface area contributed by atoms with Gasteiger partial charge < -0.3 is 95.4 Å². The highest BCUT2D eigenvalue weighted by atomic mass is 16.7. The molecule has 0 unspecified atom stereocenters. The number of aliphatic hydroxyl groups is 13.